The standard InChI is InChI=1S/C22H21NO9/c1-23(2)11-7-8-14(15(24)9-11)17(26)12-5-3-4-6-13(12)21(29)31-10-16(25)20-18(27)19(28)22(30)32-20/h3-9,16,20,24-25,27-28H,10H2,1-2H3/t16-,20+/m0/s1. The van der Waals surface area contributed by atoms with Gasteiger partial charge >= 0.3 is 11.9 Å². The Hall–Kier alpha value is -4.05. The van der Waals surface area contributed by atoms with Crippen molar-refractivity contribution in [2.24, 2.45) is 0 Å². The number of benzene rings is 2. The minimum Gasteiger partial charge on any atom is -0.507 e. The molecule has 1 aliphatic heterocycles. The van der Waals surface area contributed by atoms with Gasteiger partial charge in [-0.3, -0.25) is 4.79 Å². The van der Waals surface area contributed by atoms with E-state index in [2.05, 4.69) is 4.74 Å². The summed E-state index contributed by atoms with van der Waals surface area (Å²) in [6, 6.07) is 10.3. The highest BCUT2D eigenvalue weighted by molar-refractivity contribution is 6.15. The molecule has 0 radical (unpaired) electrons. The highest BCUT2D eigenvalue weighted by Crippen LogP contribution is 2.27. The molecule has 2 aromatic carbocycles. The summed E-state index contributed by atoms with van der Waals surface area (Å²) in [7, 11) is 3.55. The predicted molar refractivity (Wildman–Crippen MR) is 111 cm³/mol. The lowest BCUT2D eigenvalue weighted by Crippen LogP contribution is -2.33. The number of nitrogens with zero attached hydrogens (tertiary/aromatic N) is 1. The number of cyclic esters (lactones) is 1. The molecule has 4 N–H and O–H groups in total. The van der Waals surface area contributed by atoms with Gasteiger partial charge in [0.25, 0.3) is 0 Å². The van der Waals surface area contributed by atoms with Crippen LogP contribution in [0.1, 0.15) is 26.3 Å². The van der Waals surface area contributed by atoms with Crippen LogP contribution in [0.25, 0.3) is 0 Å². The van der Waals surface area contributed by atoms with Crippen molar-refractivity contribution in [1.82, 2.24) is 0 Å². The fourth-order valence-corrected chi connectivity index (χ4v) is 3.05. The Balaban J connectivity index is 1.77. The number of carbonyl (C=O) groups excluding carboxylic acids is 3. The second-order valence-electron chi connectivity index (χ2n) is 7.20. The first kappa shape index (κ1) is 22.6. The smallest absolute Gasteiger partial charge is 0.377 e. The van der Waals surface area contributed by atoms with E-state index < -0.39 is 48.1 Å². The Morgan fingerprint density at radius 3 is 2.28 bits per heavy atom. The van der Waals surface area contributed by atoms with Crippen molar-refractivity contribution in [1.29, 1.82) is 0 Å². The van der Waals surface area contributed by atoms with Crippen molar-refractivity contribution in [3.05, 3.63) is 70.7 Å². The zero-order valence-corrected chi connectivity index (χ0v) is 17.2. The number of phenolic OH excluding ortho intramolecular Hbond substituents is 1. The predicted octanol–water partition coefficient (Wildman–Crippen LogP) is 1.46. The minimum absolute atomic E-state index is 0.0145. The molecule has 2 atom stereocenters. The highest BCUT2D eigenvalue weighted by atomic mass is 16.6. The molecule has 2 aromatic rings. The maximum absolute atomic E-state index is 13.0. The van der Waals surface area contributed by atoms with Crippen molar-refractivity contribution in [3.8, 4) is 5.75 Å². The van der Waals surface area contributed by atoms with Gasteiger partial charge in [0.1, 0.15) is 18.5 Å². The Morgan fingerprint density at radius 1 is 1.06 bits per heavy atom. The quantitative estimate of drug-likeness (QED) is 0.365. The van der Waals surface area contributed by atoms with Crippen molar-refractivity contribution in [2.75, 3.05) is 25.6 Å². The van der Waals surface area contributed by atoms with Gasteiger partial charge < -0.3 is 34.8 Å². The maximum atomic E-state index is 13.0. The Morgan fingerprint density at radius 2 is 1.72 bits per heavy atom. The summed E-state index contributed by atoms with van der Waals surface area (Å²) < 4.78 is 9.62. The largest absolute Gasteiger partial charge is 0.507 e. The molecule has 0 spiro atoms. The van der Waals surface area contributed by atoms with Gasteiger partial charge in [-0.05, 0) is 18.2 Å². The molecule has 0 bridgehead atoms. The number of aromatic hydroxyl groups is 1. The number of aliphatic hydroxyl groups is 3. The molecule has 0 unspecified atom stereocenters. The van der Waals surface area contributed by atoms with Crippen LogP contribution in [-0.4, -0.2) is 71.1 Å². The fourth-order valence-electron chi connectivity index (χ4n) is 3.05. The fraction of sp³-hybridized carbons (Fsp3) is 0.227. The molecular weight excluding hydrogens is 422 g/mol. The summed E-state index contributed by atoms with van der Waals surface area (Å²) in [4.78, 5) is 38.5. The lowest BCUT2D eigenvalue weighted by Gasteiger charge is -2.17. The second-order valence-corrected chi connectivity index (χ2v) is 7.20. The first-order valence-electron chi connectivity index (χ1n) is 9.44. The van der Waals surface area contributed by atoms with Crippen LogP contribution in [0.5, 0.6) is 5.75 Å². The van der Waals surface area contributed by atoms with Crippen LogP contribution in [0, 0.1) is 0 Å². The molecule has 3 rings (SSSR count). The van der Waals surface area contributed by atoms with Crippen LogP contribution in [0.3, 0.4) is 0 Å². The molecule has 32 heavy (non-hydrogen) atoms. The lowest BCUT2D eigenvalue weighted by molar-refractivity contribution is -0.147. The molecule has 1 aliphatic rings. The minimum atomic E-state index is -1.65. The molecule has 168 valence electrons. The summed E-state index contributed by atoms with van der Waals surface area (Å²) in [6.07, 6.45) is -3.24. The zero-order valence-electron chi connectivity index (χ0n) is 17.2. The van der Waals surface area contributed by atoms with Gasteiger partial charge in [-0.2, -0.15) is 0 Å². The van der Waals surface area contributed by atoms with E-state index in [1.807, 2.05) is 0 Å². The number of carbonyl (C=O) groups is 3. The SMILES string of the molecule is CN(C)c1ccc(C(=O)c2ccccc2C(=O)OC[C@H](O)[C@H]2OC(=O)C(O)=C2O)c(O)c1. The van der Waals surface area contributed by atoms with Crippen LogP contribution in [0.4, 0.5) is 5.69 Å². The van der Waals surface area contributed by atoms with Gasteiger partial charge in [-0.1, -0.05) is 18.2 Å². The average molecular weight is 443 g/mol. The number of rotatable bonds is 7. The van der Waals surface area contributed by atoms with Crippen LogP contribution in [0.15, 0.2) is 54.0 Å². The van der Waals surface area contributed by atoms with Crippen LogP contribution >= 0.6 is 0 Å². The zero-order chi connectivity index (χ0) is 23.6. The first-order chi connectivity index (χ1) is 15.1. The van der Waals surface area contributed by atoms with Crippen molar-refractivity contribution >= 4 is 23.4 Å². The summed E-state index contributed by atoms with van der Waals surface area (Å²) in [6.45, 7) is -0.695. The van der Waals surface area contributed by atoms with E-state index in [0.717, 1.165) is 0 Å². The van der Waals surface area contributed by atoms with E-state index in [-0.39, 0.29) is 22.4 Å². The maximum Gasteiger partial charge on any atom is 0.377 e. The molecule has 0 amide bonds. The molecular formula is C22H21NO9. The summed E-state index contributed by atoms with van der Waals surface area (Å²) in [5.41, 5.74) is 0.510. The number of phenols is 1. The highest BCUT2D eigenvalue weighted by Gasteiger charge is 2.39. The van der Waals surface area contributed by atoms with Gasteiger partial charge in [0.15, 0.2) is 17.6 Å². The number of ketones is 1. The molecule has 1 heterocycles. The third kappa shape index (κ3) is 4.35. The van der Waals surface area contributed by atoms with Gasteiger partial charge in [0.05, 0.1) is 11.1 Å². The van der Waals surface area contributed by atoms with Gasteiger partial charge in [0.2, 0.25) is 5.76 Å². The Kier molecular flexibility index (Phi) is 6.35. The van der Waals surface area contributed by atoms with Crippen molar-refractivity contribution in [2.45, 2.75) is 12.2 Å². The lowest BCUT2D eigenvalue weighted by atomic mass is 9.97. The topological polar surface area (TPSA) is 154 Å². The first-order valence-corrected chi connectivity index (χ1v) is 9.44. The summed E-state index contributed by atoms with van der Waals surface area (Å²) >= 11 is 0. The second kappa shape index (κ2) is 8.98. The van der Waals surface area contributed by atoms with Crippen LogP contribution in [-0.2, 0) is 14.3 Å². The molecule has 10 nitrogen and oxygen atoms in total. The number of hydrogen-bond acceptors (Lipinski definition) is 10. The number of aliphatic hydroxyl groups excluding tert-OH is 3. The van der Waals surface area contributed by atoms with E-state index in [0.29, 0.717) is 5.69 Å². The normalized spacial score (nSPS) is 16.5. The third-order valence-electron chi connectivity index (χ3n) is 4.81. The number of anilines is 1. The van der Waals surface area contributed by atoms with E-state index in [1.165, 1.54) is 36.4 Å². The monoisotopic (exact) mass is 443 g/mol. The number of hydrogen-bond donors (Lipinski definition) is 4. The molecule has 0 saturated heterocycles. The number of ether oxygens (including phenoxy) is 2. The van der Waals surface area contributed by atoms with E-state index in [9.17, 15) is 34.8 Å². The Labute approximate surface area is 182 Å². The van der Waals surface area contributed by atoms with Gasteiger partial charge in [-0.25, -0.2) is 9.59 Å². The molecule has 0 fully saturated rings. The van der Waals surface area contributed by atoms with Crippen molar-refractivity contribution < 1.29 is 44.3 Å². The van der Waals surface area contributed by atoms with E-state index in [1.54, 1.807) is 25.1 Å². The molecule has 10 heteroatoms. The average Bonchev–Trinajstić information content (AvgIpc) is 3.04. The number of esters is 2. The van der Waals surface area contributed by atoms with Gasteiger partial charge in [-0.15, -0.1) is 0 Å². The van der Waals surface area contributed by atoms with Crippen molar-refractivity contribution in [3.63, 3.8) is 0 Å². The summed E-state index contributed by atoms with van der Waals surface area (Å²) in [5.74, 6) is -4.95. The molecule has 0 aromatic heterocycles. The Bertz CT molecular complexity index is 1110. The van der Waals surface area contributed by atoms with E-state index in [4.69, 9.17) is 4.74 Å². The third-order valence-corrected chi connectivity index (χ3v) is 4.81. The van der Waals surface area contributed by atoms with Gasteiger partial charge in [0, 0.05) is 31.4 Å². The van der Waals surface area contributed by atoms with E-state index >= 15 is 0 Å². The van der Waals surface area contributed by atoms with Crippen LogP contribution < -0.4 is 4.90 Å². The molecule has 0 aliphatic carbocycles. The summed E-state index contributed by atoms with van der Waals surface area (Å²) in [5, 5.41) is 39.2. The molecule has 0 saturated carbocycles. The van der Waals surface area contributed by atoms with Crippen LogP contribution in [0.2, 0.25) is 0 Å².